The van der Waals surface area contributed by atoms with E-state index in [1.165, 1.54) is 11.6 Å². The fourth-order valence-electron chi connectivity index (χ4n) is 3.41. The van der Waals surface area contributed by atoms with Gasteiger partial charge in [0.2, 0.25) is 0 Å². The molecule has 2 aromatic carbocycles. The monoisotopic (exact) mass is 377 g/mol. The molecule has 0 saturated carbocycles. The lowest BCUT2D eigenvalue weighted by molar-refractivity contribution is 0.0131. The molecule has 0 unspecified atom stereocenters. The molecule has 1 saturated heterocycles. The second-order valence-electron chi connectivity index (χ2n) is 7.02. The molecule has 4 rings (SSSR count). The van der Waals surface area contributed by atoms with E-state index in [2.05, 4.69) is 27.0 Å². The number of aromatic amines is 1. The zero-order valence-corrected chi connectivity index (χ0v) is 16.0. The largest absolute Gasteiger partial charge is 0.493 e. The maximum Gasteiger partial charge on any atom is 0.251 e. The first-order valence-electron chi connectivity index (χ1n) is 9.30. The van der Waals surface area contributed by atoms with Crippen LogP contribution in [0.1, 0.15) is 11.3 Å². The van der Waals surface area contributed by atoms with E-state index in [9.17, 15) is 4.79 Å². The van der Waals surface area contributed by atoms with Crippen molar-refractivity contribution in [3.8, 4) is 22.9 Å². The molecule has 2 heterocycles. The van der Waals surface area contributed by atoms with Gasteiger partial charge in [0.25, 0.3) is 5.56 Å². The van der Waals surface area contributed by atoms with Crippen LogP contribution in [0.25, 0.3) is 11.4 Å². The molecule has 1 aromatic heterocycles. The Kier molecular flexibility index (Phi) is 5.12. The van der Waals surface area contributed by atoms with Crippen molar-refractivity contribution in [1.29, 1.82) is 0 Å². The second kappa shape index (κ2) is 7.86. The van der Waals surface area contributed by atoms with Crippen molar-refractivity contribution in [2.24, 2.45) is 0 Å². The maximum atomic E-state index is 11.7. The van der Waals surface area contributed by atoms with Gasteiger partial charge in [-0.25, -0.2) is 4.98 Å². The quantitative estimate of drug-likeness (QED) is 0.715. The van der Waals surface area contributed by atoms with Crippen LogP contribution >= 0.6 is 0 Å². The molecule has 3 aromatic rings. The number of hydrogen-bond donors (Lipinski definition) is 1. The molecule has 6 heteroatoms. The summed E-state index contributed by atoms with van der Waals surface area (Å²) in [6.45, 7) is 4.38. The molecule has 0 bridgehead atoms. The zero-order valence-electron chi connectivity index (χ0n) is 16.0. The van der Waals surface area contributed by atoms with E-state index in [-0.39, 0.29) is 11.7 Å². The summed E-state index contributed by atoms with van der Waals surface area (Å²) in [6, 6.07) is 17.3. The highest BCUT2D eigenvalue weighted by Gasteiger charge is 2.29. The van der Waals surface area contributed by atoms with Gasteiger partial charge in [0.05, 0.1) is 7.11 Å². The zero-order chi connectivity index (χ0) is 19.5. The average Bonchev–Trinajstić information content (AvgIpc) is 2.66. The minimum Gasteiger partial charge on any atom is -0.493 e. The highest BCUT2D eigenvalue weighted by molar-refractivity contribution is 5.56. The molecule has 0 atom stereocenters. The maximum absolute atomic E-state index is 11.7. The first-order valence-corrected chi connectivity index (χ1v) is 9.30. The molecule has 1 N–H and O–H groups in total. The Morgan fingerprint density at radius 1 is 1.11 bits per heavy atom. The lowest BCUT2D eigenvalue weighted by atomic mass is 10.1. The van der Waals surface area contributed by atoms with Crippen molar-refractivity contribution in [1.82, 2.24) is 14.9 Å². The van der Waals surface area contributed by atoms with Crippen molar-refractivity contribution < 1.29 is 9.47 Å². The number of rotatable bonds is 6. The Morgan fingerprint density at radius 3 is 2.64 bits per heavy atom. The van der Waals surface area contributed by atoms with Crippen LogP contribution < -0.4 is 15.0 Å². The summed E-state index contributed by atoms with van der Waals surface area (Å²) in [5, 5.41) is 0. The minimum absolute atomic E-state index is 0.132. The van der Waals surface area contributed by atoms with Crippen LogP contribution in [0.3, 0.4) is 0 Å². The molecule has 1 aliphatic heterocycles. The van der Waals surface area contributed by atoms with E-state index in [1.807, 2.05) is 43.3 Å². The first kappa shape index (κ1) is 18.3. The Hall–Kier alpha value is -3.12. The number of ether oxygens (including phenoxy) is 2. The van der Waals surface area contributed by atoms with Gasteiger partial charge >= 0.3 is 0 Å². The normalized spacial score (nSPS) is 14.5. The third kappa shape index (κ3) is 4.07. The van der Waals surface area contributed by atoms with Crippen LogP contribution in [0.5, 0.6) is 11.5 Å². The topological polar surface area (TPSA) is 67.5 Å². The van der Waals surface area contributed by atoms with Gasteiger partial charge in [-0.2, -0.15) is 0 Å². The molecule has 0 radical (unpaired) electrons. The summed E-state index contributed by atoms with van der Waals surface area (Å²) < 4.78 is 11.4. The third-order valence-electron chi connectivity index (χ3n) is 4.76. The molecular formula is C22H23N3O3. The molecule has 0 aliphatic carbocycles. The molecule has 6 nitrogen and oxygen atoms in total. The number of nitrogens with zero attached hydrogens (tertiary/aromatic N) is 2. The van der Waals surface area contributed by atoms with Crippen LogP contribution in [0.4, 0.5) is 0 Å². The molecule has 28 heavy (non-hydrogen) atoms. The number of para-hydroxylation sites is 2. The number of likely N-dealkylation sites (tertiary alicyclic amines) is 1. The summed E-state index contributed by atoms with van der Waals surface area (Å²) in [5.41, 5.74) is 2.67. The molecular weight excluding hydrogens is 354 g/mol. The summed E-state index contributed by atoms with van der Waals surface area (Å²) in [5.74, 6) is 2.15. The number of nitrogens with one attached hydrogen (secondary N) is 1. The summed E-state index contributed by atoms with van der Waals surface area (Å²) in [4.78, 5) is 21.3. The van der Waals surface area contributed by atoms with E-state index >= 15 is 0 Å². The van der Waals surface area contributed by atoms with Crippen LogP contribution in [0, 0.1) is 6.92 Å². The second-order valence-corrected chi connectivity index (χ2v) is 7.02. The van der Waals surface area contributed by atoms with Crippen molar-refractivity contribution in [2.45, 2.75) is 19.6 Å². The van der Waals surface area contributed by atoms with Gasteiger partial charge in [-0.15, -0.1) is 0 Å². The highest BCUT2D eigenvalue weighted by atomic mass is 16.5. The molecule has 0 amide bonds. The van der Waals surface area contributed by atoms with Gasteiger partial charge in [0.1, 0.15) is 11.9 Å². The van der Waals surface area contributed by atoms with Gasteiger partial charge in [0, 0.05) is 37.0 Å². The van der Waals surface area contributed by atoms with Crippen molar-refractivity contribution in [3.63, 3.8) is 0 Å². The first-order chi connectivity index (χ1) is 13.6. The fraction of sp³-hybridized carbons (Fsp3) is 0.273. The smallest absolute Gasteiger partial charge is 0.251 e. The summed E-state index contributed by atoms with van der Waals surface area (Å²) in [6.07, 6.45) is 0.161. The molecule has 144 valence electrons. The van der Waals surface area contributed by atoms with E-state index in [1.54, 1.807) is 7.11 Å². The van der Waals surface area contributed by atoms with E-state index in [0.29, 0.717) is 11.5 Å². The number of aromatic nitrogens is 2. The number of H-pyrrole nitrogens is 1. The predicted octanol–water partition coefficient (Wildman–Crippen LogP) is 3.02. The third-order valence-corrected chi connectivity index (χ3v) is 4.76. The highest BCUT2D eigenvalue weighted by Crippen LogP contribution is 2.29. The van der Waals surface area contributed by atoms with Crippen LogP contribution in [-0.4, -0.2) is 41.2 Å². The summed E-state index contributed by atoms with van der Waals surface area (Å²) >= 11 is 0. The Labute approximate surface area is 163 Å². The van der Waals surface area contributed by atoms with Gasteiger partial charge < -0.3 is 14.5 Å². The molecule has 1 fully saturated rings. The predicted molar refractivity (Wildman–Crippen MR) is 108 cm³/mol. The SMILES string of the molecule is COc1ccccc1OC1CN(Cc2cccc(-c3nc(C)cc(=O)[nH]3)c2)C1. The van der Waals surface area contributed by atoms with Crippen LogP contribution in [0.15, 0.2) is 59.4 Å². The standard InChI is InChI=1S/C22H23N3O3/c1-15-10-21(26)24-22(23-15)17-7-5-6-16(11-17)12-25-13-18(14-25)28-20-9-4-3-8-19(20)27-2/h3-11,18H,12-14H2,1-2H3,(H,23,24,26). The summed E-state index contributed by atoms with van der Waals surface area (Å²) in [7, 11) is 1.65. The Bertz CT molecular complexity index is 1030. The van der Waals surface area contributed by atoms with Crippen LogP contribution in [-0.2, 0) is 6.54 Å². The van der Waals surface area contributed by atoms with Crippen molar-refractivity contribution >= 4 is 0 Å². The average molecular weight is 377 g/mol. The number of aryl methyl sites for hydroxylation is 1. The Morgan fingerprint density at radius 2 is 1.89 bits per heavy atom. The number of benzene rings is 2. The fourth-order valence-corrected chi connectivity index (χ4v) is 3.41. The van der Waals surface area contributed by atoms with Crippen LogP contribution in [0.2, 0.25) is 0 Å². The number of hydrogen-bond acceptors (Lipinski definition) is 5. The lowest BCUT2D eigenvalue weighted by Gasteiger charge is -2.39. The van der Waals surface area contributed by atoms with E-state index in [4.69, 9.17) is 9.47 Å². The van der Waals surface area contributed by atoms with Gasteiger partial charge in [0.15, 0.2) is 11.5 Å². The lowest BCUT2D eigenvalue weighted by Crippen LogP contribution is -2.53. The Balaban J connectivity index is 1.38. The van der Waals surface area contributed by atoms with E-state index < -0.39 is 0 Å². The molecule has 0 spiro atoms. The van der Waals surface area contributed by atoms with Crippen molar-refractivity contribution in [3.05, 3.63) is 76.2 Å². The van der Waals surface area contributed by atoms with Gasteiger partial charge in [-0.3, -0.25) is 9.69 Å². The molecule has 1 aliphatic rings. The number of methoxy groups -OCH3 is 1. The van der Waals surface area contributed by atoms with Gasteiger partial charge in [-0.1, -0.05) is 30.3 Å². The van der Waals surface area contributed by atoms with Crippen molar-refractivity contribution in [2.75, 3.05) is 20.2 Å². The minimum atomic E-state index is -0.132. The van der Waals surface area contributed by atoms with Gasteiger partial charge in [-0.05, 0) is 30.7 Å². The van der Waals surface area contributed by atoms with E-state index in [0.717, 1.165) is 36.7 Å².